The number of aromatic amines is 1. The lowest BCUT2D eigenvalue weighted by Crippen LogP contribution is -2.13. The van der Waals surface area contributed by atoms with E-state index in [1.165, 1.54) is 16.5 Å². The van der Waals surface area contributed by atoms with Crippen molar-refractivity contribution in [2.45, 2.75) is 31.8 Å². The smallest absolute Gasteiger partial charge is 0.0963 e. The number of aliphatic hydroxyl groups is 1. The third-order valence-electron chi connectivity index (χ3n) is 5.87. The highest BCUT2D eigenvalue weighted by Gasteiger charge is 2.21. The molecule has 152 valence electrons. The van der Waals surface area contributed by atoms with Crippen molar-refractivity contribution in [1.29, 1.82) is 0 Å². The van der Waals surface area contributed by atoms with Gasteiger partial charge in [0.15, 0.2) is 0 Å². The highest BCUT2D eigenvalue weighted by atomic mass is 16.3. The number of anilines is 3. The van der Waals surface area contributed by atoms with Gasteiger partial charge < -0.3 is 20.7 Å². The second-order valence-electron chi connectivity index (χ2n) is 7.87. The van der Waals surface area contributed by atoms with Gasteiger partial charge in [0.25, 0.3) is 0 Å². The number of hydrogen-bond acceptors (Lipinski definition) is 4. The van der Waals surface area contributed by atoms with E-state index in [9.17, 15) is 5.11 Å². The molecule has 5 heteroatoms. The Bertz CT molecular complexity index is 1150. The SMILES string of the molecule is O[C@@H]1CCCc2c(Nc3ccc(NCCc4c[nH]c5ccccc45)cc3)ccnc21. The van der Waals surface area contributed by atoms with Crippen LogP contribution in [0.3, 0.4) is 0 Å². The van der Waals surface area contributed by atoms with Gasteiger partial charge in [-0.05, 0) is 73.2 Å². The first-order chi connectivity index (χ1) is 14.8. The highest BCUT2D eigenvalue weighted by Crippen LogP contribution is 2.33. The van der Waals surface area contributed by atoms with Gasteiger partial charge >= 0.3 is 0 Å². The van der Waals surface area contributed by atoms with Crippen LogP contribution in [0, 0.1) is 0 Å². The second-order valence-corrected chi connectivity index (χ2v) is 7.87. The quantitative estimate of drug-likeness (QED) is 0.354. The van der Waals surface area contributed by atoms with Crippen molar-refractivity contribution in [1.82, 2.24) is 9.97 Å². The molecule has 0 saturated carbocycles. The van der Waals surface area contributed by atoms with E-state index >= 15 is 0 Å². The summed E-state index contributed by atoms with van der Waals surface area (Å²) < 4.78 is 0. The van der Waals surface area contributed by atoms with Crippen LogP contribution in [0.25, 0.3) is 10.9 Å². The lowest BCUT2D eigenvalue weighted by atomic mass is 9.92. The molecular weight excluding hydrogens is 372 g/mol. The summed E-state index contributed by atoms with van der Waals surface area (Å²) in [7, 11) is 0. The Kier molecular flexibility index (Phi) is 5.11. The van der Waals surface area contributed by atoms with Crippen molar-refractivity contribution in [2.75, 3.05) is 17.2 Å². The molecule has 5 nitrogen and oxygen atoms in total. The summed E-state index contributed by atoms with van der Waals surface area (Å²) in [5, 5.41) is 18.5. The van der Waals surface area contributed by atoms with Crippen LogP contribution in [0.5, 0.6) is 0 Å². The number of fused-ring (bicyclic) bond motifs is 2. The molecular formula is C25H26N4O. The van der Waals surface area contributed by atoms with Crippen LogP contribution in [0.2, 0.25) is 0 Å². The van der Waals surface area contributed by atoms with Crippen molar-refractivity contribution in [3.8, 4) is 0 Å². The normalized spacial score (nSPS) is 15.7. The number of hydrogen-bond donors (Lipinski definition) is 4. The Hall–Kier alpha value is -3.31. The number of nitrogens with one attached hydrogen (secondary N) is 3. The summed E-state index contributed by atoms with van der Waals surface area (Å²) in [5.41, 5.74) is 7.66. The van der Waals surface area contributed by atoms with Gasteiger partial charge in [-0.15, -0.1) is 0 Å². The van der Waals surface area contributed by atoms with Crippen LogP contribution in [0.15, 0.2) is 67.0 Å². The van der Waals surface area contributed by atoms with E-state index in [1.54, 1.807) is 6.20 Å². The van der Waals surface area contributed by atoms with Crippen molar-refractivity contribution < 1.29 is 5.11 Å². The van der Waals surface area contributed by atoms with Crippen LogP contribution < -0.4 is 10.6 Å². The van der Waals surface area contributed by atoms with Crippen molar-refractivity contribution >= 4 is 28.0 Å². The van der Waals surface area contributed by atoms with Gasteiger partial charge in [-0.1, -0.05) is 18.2 Å². The fourth-order valence-corrected chi connectivity index (χ4v) is 4.29. The third-order valence-corrected chi connectivity index (χ3v) is 5.87. The number of H-pyrrole nitrogens is 1. The molecule has 2 aromatic heterocycles. The first kappa shape index (κ1) is 18.7. The Labute approximate surface area is 176 Å². The molecule has 0 bridgehead atoms. The third kappa shape index (κ3) is 3.76. The molecule has 0 saturated heterocycles. The van der Waals surface area contributed by atoms with Crippen molar-refractivity contribution in [3.63, 3.8) is 0 Å². The molecule has 0 unspecified atom stereocenters. The molecule has 30 heavy (non-hydrogen) atoms. The molecule has 5 rings (SSSR count). The Morgan fingerprint density at radius 1 is 1.03 bits per heavy atom. The van der Waals surface area contributed by atoms with Crippen LogP contribution in [0.4, 0.5) is 17.1 Å². The standard InChI is InChI=1S/C25H26N4O/c30-24-7-3-5-21-23(13-15-27-25(21)24)29-19-10-8-18(9-11-19)26-14-12-17-16-28-22-6-2-1-4-20(17)22/h1-2,4,6,8-11,13,15-16,24,26,28,30H,3,5,7,12,14H2,(H,27,29)/t24-/m1/s1. The number of rotatable bonds is 6. The fourth-order valence-electron chi connectivity index (χ4n) is 4.29. The average molecular weight is 399 g/mol. The van der Waals surface area contributed by atoms with Crippen LogP contribution >= 0.6 is 0 Å². The minimum atomic E-state index is -0.445. The number of pyridine rings is 1. The summed E-state index contributed by atoms with van der Waals surface area (Å²) in [5.74, 6) is 0. The Morgan fingerprint density at radius 2 is 1.87 bits per heavy atom. The van der Waals surface area contributed by atoms with Gasteiger partial charge in [0.2, 0.25) is 0 Å². The maximum absolute atomic E-state index is 10.2. The predicted octanol–water partition coefficient (Wildman–Crippen LogP) is 5.33. The van der Waals surface area contributed by atoms with Crippen LogP contribution in [0.1, 0.15) is 35.8 Å². The largest absolute Gasteiger partial charge is 0.387 e. The highest BCUT2D eigenvalue weighted by molar-refractivity contribution is 5.83. The molecule has 0 amide bonds. The van der Waals surface area contributed by atoms with Crippen molar-refractivity contribution in [2.24, 2.45) is 0 Å². The first-order valence-electron chi connectivity index (χ1n) is 10.6. The molecule has 0 aliphatic heterocycles. The van der Waals surface area contributed by atoms with Crippen LogP contribution in [-0.2, 0) is 12.8 Å². The Balaban J connectivity index is 1.22. The molecule has 1 aliphatic carbocycles. The summed E-state index contributed by atoms with van der Waals surface area (Å²) >= 11 is 0. The van der Waals surface area contributed by atoms with Gasteiger partial charge in [-0.25, -0.2) is 0 Å². The van der Waals surface area contributed by atoms with Gasteiger partial charge in [-0.3, -0.25) is 4.98 Å². The van der Waals surface area contributed by atoms with Crippen LogP contribution in [-0.4, -0.2) is 21.6 Å². The second kappa shape index (κ2) is 8.20. The van der Waals surface area contributed by atoms with E-state index in [2.05, 4.69) is 75.3 Å². The predicted molar refractivity (Wildman–Crippen MR) is 122 cm³/mol. The molecule has 1 atom stereocenters. The maximum atomic E-state index is 10.2. The molecule has 2 aromatic carbocycles. The fraction of sp³-hybridized carbons (Fsp3) is 0.240. The molecule has 0 fully saturated rings. The summed E-state index contributed by atoms with van der Waals surface area (Å²) in [6.07, 6.45) is 7.14. The minimum Gasteiger partial charge on any atom is -0.387 e. The lowest BCUT2D eigenvalue weighted by molar-refractivity contribution is 0.151. The molecule has 4 aromatic rings. The molecule has 4 N–H and O–H groups in total. The topological polar surface area (TPSA) is 73.0 Å². The number of aliphatic hydroxyl groups excluding tert-OH is 1. The molecule has 0 spiro atoms. The average Bonchev–Trinajstić information content (AvgIpc) is 3.19. The number of benzene rings is 2. The maximum Gasteiger partial charge on any atom is 0.0963 e. The van der Waals surface area contributed by atoms with E-state index < -0.39 is 6.10 Å². The lowest BCUT2D eigenvalue weighted by Gasteiger charge is -2.23. The minimum absolute atomic E-state index is 0.445. The number of aromatic nitrogens is 2. The summed E-state index contributed by atoms with van der Waals surface area (Å²) in [4.78, 5) is 7.72. The van der Waals surface area contributed by atoms with Gasteiger partial charge in [-0.2, -0.15) is 0 Å². The molecule has 1 aliphatic rings. The summed E-state index contributed by atoms with van der Waals surface area (Å²) in [6, 6.07) is 18.8. The van der Waals surface area contributed by atoms with Gasteiger partial charge in [0, 0.05) is 46.9 Å². The van der Waals surface area contributed by atoms with E-state index in [0.29, 0.717) is 0 Å². The van der Waals surface area contributed by atoms with E-state index in [4.69, 9.17) is 0 Å². The van der Waals surface area contributed by atoms with Crippen molar-refractivity contribution in [3.05, 3.63) is 83.8 Å². The molecule has 0 radical (unpaired) electrons. The zero-order chi connectivity index (χ0) is 20.3. The number of nitrogens with zero attached hydrogens (tertiary/aromatic N) is 1. The molecule has 2 heterocycles. The monoisotopic (exact) mass is 398 g/mol. The van der Waals surface area contributed by atoms with E-state index in [1.807, 2.05) is 6.07 Å². The zero-order valence-electron chi connectivity index (χ0n) is 16.9. The zero-order valence-corrected chi connectivity index (χ0v) is 16.9. The number of para-hydroxylation sites is 1. The Morgan fingerprint density at radius 3 is 2.77 bits per heavy atom. The van der Waals surface area contributed by atoms with E-state index in [-0.39, 0.29) is 0 Å². The van der Waals surface area contributed by atoms with E-state index in [0.717, 1.165) is 60.5 Å². The first-order valence-corrected chi connectivity index (χ1v) is 10.6. The van der Waals surface area contributed by atoms with Gasteiger partial charge in [0.1, 0.15) is 0 Å². The summed E-state index contributed by atoms with van der Waals surface area (Å²) in [6.45, 7) is 0.879. The van der Waals surface area contributed by atoms with Gasteiger partial charge in [0.05, 0.1) is 11.8 Å².